The Labute approximate surface area is 203 Å². The van der Waals surface area contributed by atoms with Crippen LogP contribution in [0.15, 0.2) is 29.2 Å². The number of amides is 1. The van der Waals surface area contributed by atoms with Crippen molar-refractivity contribution in [2.24, 2.45) is 5.41 Å². The molecule has 6 nitrogen and oxygen atoms in total. The summed E-state index contributed by atoms with van der Waals surface area (Å²) in [6.45, 7) is 1.15. The molecule has 4 aliphatic carbocycles. The fourth-order valence-corrected chi connectivity index (χ4v) is 6.73. The third kappa shape index (κ3) is 4.08. The second-order valence-corrected chi connectivity index (χ2v) is 13.2. The molecule has 0 saturated heterocycles. The molecular weight excluding hydrogens is 510 g/mol. The van der Waals surface area contributed by atoms with E-state index in [0.717, 1.165) is 10.9 Å². The molecule has 1 amide bonds. The number of carbonyl (C=O) groups is 1. The number of carbonyl (C=O) groups excluding carboxylic acids is 1. The van der Waals surface area contributed by atoms with Gasteiger partial charge >= 0.3 is 6.18 Å². The summed E-state index contributed by atoms with van der Waals surface area (Å²) in [6, 6.07) is 5.38. The molecule has 4 saturated carbocycles. The number of halogens is 6. The van der Waals surface area contributed by atoms with Crippen LogP contribution in [0.2, 0.25) is 0 Å². The topological polar surface area (TPSA) is 87.8 Å². The molecule has 4 fully saturated rings. The summed E-state index contributed by atoms with van der Waals surface area (Å²) < 4.78 is 105. The van der Waals surface area contributed by atoms with Gasteiger partial charge in [-0.2, -0.15) is 18.3 Å². The lowest BCUT2D eigenvalue weighted by atomic mass is 9.41. The SMILES string of the molecule is CC1(Cn2nc(C34CC(F)(C3)C4)c(C(F)(F)F)c2C(=O)Nc2cccc(S(C)(=N)=O)c2)CC(F)(F)C1. The monoisotopic (exact) mass is 534 g/mol. The van der Waals surface area contributed by atoms with Crippen molar-refractivity contribution in [1.82, 2.24) is 9.78 Å². The first kappa shape index (κ1) is 25.1. The predicted octanol–water partition coefficient (Wildman–Crippen LogP) is 5.77. The molecule has 13 heteroatoms. The minimum absolute atomic E-state index is 0.0105. The van der Waals surface area contributed by atoms with Crippen molar-refractivity contribution in [2.45, 2.75) is 73.7 Å². The molecule has 6 rings (SSSR count). The number of rotatable bonds is 6. The van der Waals surface area contributed by atoms with E-state index < -0.39 is 74.0 Å². The lowest BCUT2D eigenvalue weighted by Gasteiger charge is -2.65. The van der Waals surface area contributed by atoms with Crippen LogP contribution in [0.5, 0.6) is 0 Å². The van der Waals surface area contributed by atoms with Crippen LogP contribution in [0.4, 0.5) is 32.0 Å². The van der Waals surface area contributed by atoms with Gasteiger partial charge in [0.05, 0.1) is 15.4 Å². The first-order valence-corrected chi connectivity index (χ1v) is 13.2. The minimum atomic E-state index is -5.01. The summed E-state index contributed by atoms with van der Waals surface area (Å²) in [4.78, 5) is 13.4. The zero-order chi connectivity index (χ0) is 26.5. The molecule has 1 aromatic carbocycles. The van der Waals surface area contributed by atoms with Crippen molar-refractivity contribution in [3.05, 3.63) is 41.2 Å². The van der Waals surface area contributed by atoms with Crippen LogP contribution < -0.4 is 5.32 Å². The third-order valence-electron chi connectivity index (χ3n) is 7.36. The highest BCUT2D eigenvalue weighted by atomic mass is 32.2. The van der Waals surface area contributed by atoms with Gasteiger partial charge in [-0.05, 0) is 42.9 Å². The number of benzene rings is 1. The average Bonchev–Trinajstić information content (AvgIpc) is 3.01. The van der Waals surface area contributed by atoms with Crippen LogP contribution in [0.3, 0.4) is 0 Å². The zero-order valence-electron chi connectivity index (χ0n) is 19.4. The van der Waals surface area contributed by atoms with Crippen LogP contribution in [0.1, 0.15) is 60.8 Å². The molecule has 2 aromatic rings. The molecule has 0 aliphatic heterocycles. The maximum absolute atomic E-state index is 14.4. The van der Waals surface area contributed by atoms with Gasteiger partial charge in [-0.3, -0.25) is 9.48 Å². The standard InChI is InChI=1S/C23H24F6N4O2S/c1-19(7-22(25,26)8-19)12-33-16(18(34)31-13-4-3-5-14(6-13)36(2,30)35)15(23(27,28)29)17(32-33)20-9-21(24,10-20)11-20/h3-6,30H,7-12H2,1-2H3,(H,31,34). The Morgan fingerprint density at radius 3 is 2.28 bits per heavy atom. The van der Waals surface area contributed by atoms with Crippen molar-refractivity contribution in [3.8, 4) is 0 Å². The van der Waals surface area contributed by atoms with E-state index >= 15 is 0 Å². The highest BCUT2D eigenvalue weighted by Crippen LogP contribution is 2.70. The van der Waals surface area contributed by atoms with E-state index in [1.165, 1.54) is 31.2 Å². The first-order valence-electron chi connectivity index (χ1n) is 11.2. The smallest absolute Gasteiger partial charge is 0.321 e. The quantitative estimate of drug-likeness (QED) is 0.462. The number of nitrogens with one attached hydrogen (secondary N) is 2. The van der Waals surface area contributed by atoms with Gasteiger partial charge in [0.15, 0.2) is 0 Å². The molecule has 0 spiro atoms. The molecule has 1 unspecified atom stereocenters. The minimum Gasteiger partial charge on any atom is -0.321 e. The largest absolute Gasteiger partial charge is 0.420 e. The molecule has 4 aliphatic rings. The molecule has 2 N–H and O–H groups in total. The van der Waals surface area contributed by atoms with Crippen LogP contribution in [0, 0.1) is 10.2 Å². The Morgan fingerprint density at radius 1 is 1.17 bits per heavy atom. The van der Waals surface area contributed by atoms with Gasteiger partial charge in [-0.15, -0.1) is 0 Å². The predicted molar refractivity (Wildman–Crippen MR) is 118 cm³/mol. The normalized spacial score (nSPS) is 29.3. The molecule has 196 valence electrons. The van der Waals surface area contributed by atoms with E-state index in [4.69, 9.17) is 4.78 Å². The molecule has 1 atom stereocenters. The average molecular weight is 535 g/mol. The summed E-state index contributed by atoms with van der Waals surface area (Å²) in [5, 5.41) is 6.47. The Bertz CT molecular complexity index is 1350. The van der Waals surface area contributed by atoms with E-state index in [1.807, 2.05) is 0 Å². The van der Waals surface area contributed by atoms with Gasteiger partial charge in [-0.25, -0.2) is 22.2 Å². The second-order valence-electron chi connectivity index (χ2n) is 11.0. The van der Waals surface area contributed by atoms with Gasteiger partial charge in [0.2, 0.25) is 5.92 Å². The van der Waals surface area contributed by atoms with Crippen molar-refractivity contribution in [1.29, 1.82) is 4.78 Å². The van der Waals surface area contributed by atoms with Gasteiger partial charge in [0, 0.05) is 41.6 Å². The number of anilines is 1. The molecule has 0 radical (unpaired) electrons. The summed E-state index contributed by atoms with van der Waals surface area (Å²) in [6.07, 6.45) is -5.37. The number of hydrogen-bond acceptors (Lipinski definition) is 4. The van der Waals surface area contributed by atoms with Gasteiger partial charge in [0.25, 0.3) is 5.91 Å². The number of aromatic nitrogens is 2. The van der Waals surface area contributed by atoms with E-state index in [2.05, 4.69) is 10.4 Å². The van der Waals surface area contributed by atoms with Crippen molar-refractivity contribution >= 4 is 21.3 Å². The van der Waals surface area contributed by atoms with Crippen LogP contribution in [0.25, 0.3) is 0 Å². The lowest BCUT2D eigenvalue weighted by Crippen LogP contribution is -2.67. The summed E-state index contributed by atoms with van der Waals surface area (Å²) in [5.74, 6) is -4.12. The summed E-state index contributed by atoms with van der Waals surface area (Å²) in [5.41, 5.74) is -6.27. The van der Waals surface area contributed by atoms with Crippen molar-refractivity contribution < 1.29 is 35.3 Å². The molecule has 36 heavy (non-hydrogen) atoms. The maximum Gasteiger partial charge on any atom is 0.420 e. The van der Waals surface area contributed by atoms with Gasteiger partial charge in [0.1, 0.15) is 16.9 Å². The highest BCUT2D eigenvalue weighted by molar-refractivity contribution is 7.91. The summed E-state index contributed by atoms with van der Waals surface area (Å²) in [7, 11) is -3.16. The first-order chi connectivity index (χ1) is 16.3. The molecule has 1 aromatic heterocycles. The van der Waals surface area contributed by atoms with E-state index in [-0.39, 0.29) is 36.4 Å². The lowest BCUT2D eigenvalue weighted by molar-refractivity contribution is -0.170. The van der Waals surface area contributed by atoms with Gasteiger partial charge < -0.3 is 5.32 Å². The Hall–Kier alpha value is -2.57. The highest BCUT2D eigenvalue weighted by Gasteiger charge is 2.72. The van der Waals surface area contributed by atoms with Crippen molar-refractivity contribution in [3.63, 3.8) is 0 Å². The molecular formula is C23H24F6N4O2S. The van der Waals surface area contributed by atoms with E-state index in [9.17, 15) is 35.3 Å². The van der Waals surface area contributed by atoms with E-state index in [0.29, 0.717) is 0 Å². The third-order valence-corrected chi connectivity index (χ3v) is 8.52. The zero-order valence-corrected chi connectivity index (χ0v) is 20.3. The van der Waals surface area contributed by atoms with Crippen molar-refractivity contribution in [2.75, 3.05) is 11.6 Å². The molecule has 1 heterocycles. The Balaban J connectivity index is 1.58. The van der Waals surface area contributed by atoms with Crippen LogP contribution in [-0.2, 0) is 27.9 Å². The number of hydrogen-bond donors (Lipinski definition) is 2. The second kappa shape index (κ2) is 7.26. The summed E-state index contributed by atoms with van der Waals surface area (Å²) >= 11 is 0. The van der Waals surface area contributed by atoms with Gasteiger partial charge in [-0.1, -0.05) is 13.0 Å². The maximum atomic E-state index is 14.4. The van der Waals surface area contributed by atoms with E-state index in [1.54, 1.807) is 0 Å². The number of nitrogens with zero attached hydrogens (tertiary/aromatic N) is 2. The van der Waals surface area contributed by atoms with Crippen LogP contribution in [-0.4, -0.2) is 37.7 Å². The molecule has 2 bridgehead atoms. The Kier molecular flexibility index (Phi) is 5.06. The Morgan fingerprint density at radius 2 is 1.78 bits per heavy atom. The van der Waals surface area contributed by atoms with Crippen LogP contribution >= 0.6 is 0 Å². The fraction of sp³-hybridized carbons (Fsp3) is 0.565. The number of alkyl halides is 6. The fourth-order valence-electron chi connectivity index (χ4n) is 6.04.